The van der Waals surface area contributed by atoms with Crippen LogP contribution >= 0.6 is 23.2 Å². The van der Waals surface area contributed by atoms with E-state index in [1.807, 2.05) is 6.07 Å². The van der Waals surface area contributed by atoms with Crippen LogP contribution < -0.4 is 0 Å². The fourth-order valence-electron chi connectivity index (χ4n) is 1.12. The maximum Gasteiger partial charge on any atom is 0.129 e. The normalized spacial score (nSPS) is 10.1. The molecule has 0 saturated heterocycles. The Labute approximate surface area is 91.5 Å². The molecular weight excluding hydrogens is 219 g/mol. The zero-order valence-electron chi connectivity index (χ0n) is 7.11. The van der Waals surface area contributed by atoms with E-state index >= 15 is 0 Å². The lowest BCUT2D eigenvalue weighted by Crippen LogP contribution is -1.83. The van der Waals surface area contributed by atoms with E-state index in [-0.39, 0.29) is 0 Å². The summed E-state index contributed by atoms with van der Waals surface area (Å²) in [6.07, 6.45) is 3.30. The van der Waals surface area contributed by atoms with Crippen molar-refractivity contribution in [3.8, 4) is 11.3 Å². The number of pyridine rings is 2. The number of hydrogen-bond donors (Lipinski definition) is 0. The average molecular weight is 225 g/mol. The molecule has 0 radical (unpaired) electrons. The highest BCUT2D eigenvalue weighted by Crippen LogP contribution is 2.21. The van der Waals surface area contributed by atoms with E-state index in [1.165, 1.54) is 0 Å². The molecule has 0 aliphatic heterocycles. The minimum Gasteiger partial charge on any atom is -0.256 e. The van der Waals surface area contributed by atoms with E-state index in [0.717, 1.165) is 11.3 Å². The van der Waals surface area contributed by atoms with E-state index < -0.39 is 0 Å². The highest BCUT2D eigenvalue weighted by Gasteiger charge is 2.00. The second-order valence-corrected chi connectivity index (χ2v) is 3.55. The topological polar surface area (TPSA) is 25.8 Å². The van der Waals surface area contributed by atoms with E-state index in [0.29, 0.717) is 10.2 Å². The molecule has 0 spiro atoms. The first kappa shape index (κ1) is 9.44. The van der Waals surface area contributed by atoms with Gasteiger partial charge in [-0.25, -0.2) is 4.98 Å². The predicted octanol–water partition coefficient (Wildman–Crippen LogP) is 3.45. The van der Waals surface area contributed by atoms with Crippen LogP contribution in [0.5, 0.6) is 0 Å². The van der Waals surface area contributed by atoms with Crippen LogP contribution in [0.2, 0.25) is 10.2 Å². The zero-order valence-corrected chi connectivity index (χ0v) is 8.63. The Morgan fingerprint density at radius 2 is 1.71 bits per heavy atom. The summed E-state index contributed by atoms with van der Waals surface area (Å²) < 4.78 is 0. The lowest BCUT2D eigenvalue weighted by molar-refractivity contribution is 1.29. The molecule has 0 aromatic carbocycles. The number of rotatable bonds is 1. The quantitative estimate of drug-likeness (QED) is 0.694. The Kier molecular flexibility index (Phi) is 2.66. The summed E-state index contributed by atoms with van der Waals surface area (Å²) in [6, 6.07) is 7.10. The molecule has 14 heavy (non-hydrogen) atoms. The van der Waals surface area contributed by atoms with Crippen molar-refractivity contribution in [2.24, 2.45) is 0 Å². The molecule has 0 saturated carbocycles. The molecule has 0 fully saturated rings. The van der Waals surface area contributed by atoms with Crippen LogP contribution in [0.3, 0.4) is 0 Å². The molecule has 0 amide bonds. The summed E-state index contributed by atoms with van der Waals surface area (Å²) in [5.74, 6) is 0. The van der Waals surface area contributed by atoms with E-state index in [2.05, 4.69) is 9.97 Å². The molecule has 4 heteroatoms. The van der Waals surface area contributed by atoms with Gasteiger partial charge in [0.1, 0.15) is 5.15 Å². The average Bonchev–Trinajstić information content (AvgIpc) is 2.18. The lowest BCUT2D eigenvalue weighted by Gasteiger charge is -2.00. The first-order valence-electron chi connectivity index (χ1n) is 3.99. The van der Waals surface area contributed by atoms with Gasteiger partial charge in [0.15, 0.2) is 0 Å². The number of halogens is 2. The standard InChI is InChI=1S/C10H6Cl2N2/c11-8-2-4-13-9(6-8)7-1-3-14-10(12)5-7/h1-6H. The molecule has 2 rings (SSSR count). The van der Waals surface area contributed by atoms with Crippen LogP contribution in [-0.2, 0) is 0 Å². The van der Waals surface area contributed by atoms with Crippen molar-refractivity contribution in [1.82, 2.24) is 9.97 Å². The molecule has 2 aromatic heterocycles. The van der Waals surface area contributed by atoms with Crippen molar-refractivity contribution in [3.63, 3.8) is 0 Å². The van der Waals surface area contributed by atoms with Crippen molar-refractivity contribution >= 4 is 23.2 Å². The van der Waals surface area contributed by atoms with Crippen LogP contribution in [0.15, 0.2) is 36.7 Å². The molecule has 0 atom stereocenters. The molecule has 0 aliphatic rings. The molecule has 0 N–H and O–H groups in total. The van der Waals surface area contributed by atoms with Crippen LogP contribution in [0.1, 0.15) is 0 Å². The van der Waals surface area contributed by atoms with Gasteiger partial charge in [-0.05, 0) is 24.3 Å². The van der Waals surface area contributed by atoms with Crippen molar-refractivity contribution in [1.29, 1.82) is 0 Å². The van der Waals surface area contributed by atoms with Gasteiger partial charge in [-0.3, -0.25) is 4.98 Å². The maximum absolute atomic E-state index is 5.85. The van der Waals surface area contributed by atoms with E-state index in [4.69, 9.17) is 23.2 Å². The van der Waals surface area contributed by atoms with Gasteiger partial charge in [0.2, 0.25) is 0 Å². The van der Waals surface area contributed by atoms with Gasteiger partial charge in [-0.15, -0.1) is 0 Å². The third-order valence-electron chi connectivity index (χ3n) is 1.74. The SMILES string of the molecule is Clc1ccnc(-c2ccnc(Cl)c2)c1. The fraction of sp³-hybridized carbons (Fsp3) is 0. The Morgan fingerprint density at radius 1 is 0.929 bits per heavy atom. The Balaban J connectivity index is 2.49. The molecule has 70 valence electrons. The Bertz CT molecular complexity index is 414. The van der Waals surface area contributed by atoms with Crippen molar-refractivity contribution in [3.05, 3.63) is 46.8 Å². The van der Waals surface area contributed by atoms with Crippen LogP contribution in [0.4, 0.5) is 0 Å². The van der Waals surface area contributed by atoms with Crippen molar-refractivity contribution in [2.45, 2.75) is 0 Å². The first-order chi connectivity index (χ1) is 6.75. The van der Waals surface area contributed by atoms with Gasteiger partial charge in [0.05, 0.1) is 5.69 Å². The zero-order chi connectivity index (χ0) is 9.97. The molecule has 2 aromatic rings. The van der Waals surface area contributed by atoms with Crippen LogP contribution in [-0.4, -0.2) is 9.97 Å². The largest absolute Gasteiger partial charge is 0.256 e. The van der Waals surface area contributed by atoms with Crippen LogP contribution in [0, 0.1) is 0 Å². The molecule has 0 bridgehead atoms. The van der Waals surface area contributed by atoms with Crippen LogP contribution in [0.25, 0.3) is 11.3 Å². The fourth-order valence-corrected chi connectivity index (χ4v) is 1.46. The molecule has 2 nitrogen and oxygen atoms in total. The third-order valence-corrected chi connectivity index (χ3v) is 2.19. The summed E-state index contributed by atoms with van der Waals surface area (Å²) in [4.78, 5) is 8.07. The summed E-state index contributed by atoms with van der Waals surface area (Å²) >= 11 is 11.6. The van der Waals surface area contributed by atoms with Gasteiger partial charge in [0.25, 0.3) is 0 Å². The highest BCUT2D eigenvalue weighted by atomic mass is 35.5. The highest BCUT2D eigenvalue weighted by molar-refractivity contribution is 6.31. The van der Waals surface area contributed by atoms with Gasteiger partial charge < -0.3 is 0 Å². The molecule has 0 unspecified atom stereocenters. The summed E-state index contributed by atoms with van der Waals surface area (Å²) in [5, 5.41) is 1.10. The van der Waals surface area contributed by atoms with Gasteiger partial charge in [-0.1, -0.05) is 23.2 Å². The van der Waals surface area contributed by atoms with Crippen molar-refractivity contribution in [2.75, 3.05) is 0 Å². The monoisotopic (exact) mass is 224 g/mol. The Hall–Kier alpha value is -1.12. The maximum atomic E-state index is 5.85. The smallest absolute Gasteiger partial charge is 0.129 e. The summed E-state index contributed by atoms with van der Waals surface area (Å²) in [7, 11) is 0. The van der Waals surface area contributed by atoms with Gasteiger partial charge in [0, 0.05) is 23.0 Å². The van der Waals surface area contributed by atoms with Crippen molar-refractivity contribution < 1.29 is 0 Å². The van der Waals surface area contributed by atoms with E-state index in [1.54, 1.807) is 30.6 Å². The van der Waals surface area contributed by atoms with E-state index in [9.17, 15) is 0 Å². The molecular formula is C10H6Cl2N2. The van der Waals surface area contributed by atoms with Gasteiger partial charge in [-0.2, -0.15) is 0 Å². The number of hydrogen-bond acceptors (Lipinski definition) is 2. The second kappa shape index (κ2) is 3.95. The minimum atomic E-state index is 0.448. The Morgan fingerprint density at radius 3 is 2.43 bits per heavy atom. The second-order valence-electron chi connectivity index (χ2n) is 2.73. The number of nitrogens with zero attached hydrogens (tertiary/aromatic N) is 2. The third kappa shape index (κ3) is 2.03. The summed E-state index contributed by atoms with van der Waals surface area (Å²) in [5.41, 5.74) is 1.70. The number of aromatic nitrogens is 2. The predicted molar refractivity (Wildman–Crippen MR) is 57.5 cm³/mol. The first-order valence-corrected chi connectivity index (χ1v) is 4.75. The molecule has 0 aliphatic carbocycles. The van der Waals surface area contributed by atoms with Gasteiger partial charge >= 0.3 is 0 Å². The molecule has 2 heterocycles. The summed E-state index contributed by atoms with van der Waals surface area (Å²) in [6.45, 7) is 0. The lowest BCUT2D eigenvalue weighted by atomic mass is 10.2. The minimum absolute atomic E-state index is 0.448.